The average Bonchev–Trinajstić information content (AvgIpc) is 3.80. The van der Waals surface area contributed by atoms with Crippen molar-refractivity contribution in [3.05, 3.63) is 53.4 Å². The lowest BCUT2D eigenvalue weighted by Crippen LogP contribution is -2.59. The van der Waals surface area contributed by atoms with Crippen molar-refractivity contribution in [3.63, 3.8) is 0 Å². The van der Waals surface area contributed by atoms with E-state index in [-0.39, 0.29) is 88.7 Å². The Morgan fingerprint density at radius 1 is 1.24 bits per heavy atom. The first-order chi connectivity index (χ1) is 25.6. The van der Waals surface area contributed by atoms with E-state index >= 15 is 8.78 Å². The van der Waals surface area contributed by atoms with Gasteiger partial charge in [-0.15, -0.1) is 6.42 Å². The van der Waals surface area contributed by atoms with E-state index in [1.54, 1.807) is 11.0 Å². The fourth-order valence-electron chi connectivity index (χ4n) is 8.34. The molecule has 254 valence electrons. The highest BCUT2D eigenvalue weighted by atomic mass is 19.1. The Morgan fingerprint density at radius 3 is 2.92 bits per heavy atom. The van der Waals surface area contributed by atoms with Gasteiger partial charge in [0.05, 0.1) is 24.5 Å². The molecule has 2 aromatic heterocycles. The lowest BCUT2D eigenvalue weighted by molar-refractivity contribution is 0.108. The van der Waals surface area contributed by atoms with Crippen molar-refractivity contribution in [2.45, 2.75) is 62.4 Å². The van der Waals surface area contributed by atoms with E-state index in [4.69, 9.17) is 33.5 Å². The zero-order valence-electron chi connectivity index (χ0n) is 31.9. The summed E-state index contributed by atoms with van der Waals surface area (Å²) in [5, 5.41) is 3.94. The standard InChI is InChI=1S/C37H38F3N7O2/c1-4-25-27(39)8-7-22-13-23(41)14-26(28(22)25)31-30(40)32-29(34(42-31)48-3)33(46-18-24-9-11-36(5-2,19-46)45-24)44-35(43-32)49-20-37-10-6-12-47(37)17-21(15-37)16-38/h1,7-8,13-14,16,24,45H,5-6,9-12,15,17-20,41H2,2-3H3/b21-16-/t24-,36+,37-/m0/s1/i2D3,5D2. The van der Waals surface area contributed by atoms with Crippen molar-refractivity contribution in [2.75, 3.05) is 50.5 Å². The van der Waals surface area contributed by atoms with Crippen LogP contribution < -0.4 is 25.4 Å². The van der Waals surface area contributed by atoms with Crippen molar-refractivity contribution in [1.29, 1.82) is 0 Å². The van der Waals surface area contributed by atoms with Crippen LogP contribution in [-0.2, 0) is 0 Å². The number of anilines is 2. The Morgan fingerprint density at radius 2 is 2.12 bits per heavy atom. The molecule has 4 aromatic rings. The SMILES string of the molecule is [2H]C([2H])([2H])C([2H])([2H])[C@@]12CC[C@@H](CN(c3nc(OC[C@@]45CCCN4C/C(=C\F)C5)nc4c(F)c(-c5cc(N)cc6ccc(F)c(C#C)c56)nc(OC)c34)C1)N2. The van der Waals surface area contributed by atoms with Gasteiger partial charge in [0.25, 0.3) is 0 Å². The van der Waals surface area contributed by atoms with Crippen LogP contribution in [0.3, 0.4) is 0 Å². The van der Waals surface area contributed by atoms with Gasteiger partial charge in [-0.3, -0.25) is 4.90 Å². The van der Waals surface area contributed by atoms with Gasteiger partial charge in [0, 0.05) is 54.7 Å². The fraction of sp³-hybridized carbons (Fsp3) is 0.432. The molecule has 8 rings (SSSR count). The molecule has 2 aromatic carbocycles. The summed E-state index contributed by atoms with van der Waals surface area (Å²) in [6.07, 6.45) is 6.53. The van der Waals surface area contributed by atoms with Crippen LogP contribution in [0, 0.1) is 24.0 Å². The number of pyridine rings is 1. The number of ether oxygens (including phenoxy) is 2. The first-order valence-corrected chi connectivity index (χ1v) is 16.3. The predicted molar refractivity (Wildman–Crippen MR) is 183 cm³/mol. The molecule has 3 atom stereocenters. The van der Waals surface area contributed by atoms with Crippen LogP contribution in [0.1, 0.15) is 57.7 Å². The molecule has 2 bridgehead atoms. The molecule has 49 heavy (non-hydrogen) atoms. The molecule has 4 saturated heterocycles. The number of methoxy groups -OCH3 is 1. The predicted octanol–water partition coefficient (Wildman–Crippen LogP) is 5.89. The normalized spacial score (nSPS) is 27.8. The fourth-order valence-corrected chi connectivity index (χ4v) is 8.34. The molecule has 0 saturated carbocycles. The molecule has 3 N–H and O–H groups in total. The molecular formula is C37H38F3N7O2. The Labute approximate surface area is 289 Å². The maximum Gasteiger partial charge on any atom is 0.319 e. The minimum absolute atomic E-state index is 0.0396. The molecule has 0 radical (unpaired) electrons. The summed E-state index contributed by atoms with van der Waals surface area (Å²) in [7, 11) is 1.34. The zero-order valence-corrected chi connectivity index (χ0v) is 26.9. The van der Waals surface area contributed by atoms with Gasteiger partial charge >= 0.3 is 6.01 Å². The van der Waals surface area contributed by atoms with Gasteiger partial charge in [-0.1, -0.05) is 18.8 Å². The molecule has 4 aliphatic heterocycles. The quantitative estimate of drug-likeness (QED) is 0.184. The largest absolute Gasteiger partial charge is 0.480 e. The van der Waals surface area contributed by atoms with Crippen molar-refractivity contribution >= 4 is 33.2 Å². The van der Waals surface area contributed by atoms with E-state index in [0.29, 0.717) is 36.7 Å². The summed E-state index contributed by atoms with van der Waals surface area (Å²) >= 11 is 0. The molecular weight excluding hydrogens is 631 g/mol. The minimum atomic E-state index is -2.96. The molecule has 0 amide bonds. The second-order valence-electron chi connectivity index (χ2n) is 13.5. The van der Waals surface area contributed by atoms with Crippen LogP contribution >= 0.6 is 0 Å². The van der Waals surface area contributed by atoms with Gasteiger partial charge in [-0.2, -0.15) is 9.97 Å². The lowest BCUT2D eigenvalue weighted by Gasteiger charge is -2.42. The molecule has 4 fully saturated rings. The van der Waals surface area contributed by atoms with Crippen molar-refractivity contribution in [3.8, 4) is 35.5 Å². The minimum Gasteiger partial charge on any atom is -0.480 e. The van der Waals surface area contributed by atoms with E-state index < -0.39 is 35.9 Å². The first kappa shape index (κ1) is 26.3. The highest BCUT2D eigenvalue weighted by Gasteiger charge is 2.48. The number of hydrogen-bond donors (Lipinski definition) is 2. The average molecular weight is 675 g/mol. The number of piperazine rings is 1. The molecule has 12 heteroatoms. The summed E-state index contributed by atoms with van der Waals surface area (Å²) < 4.78 is 100. The van der Waals surface area contributed by atoms with Gasteiger partial charge in [0.15, 0.2) is 5.82 Å². The highest BCUT2D eigenvalue weighted by Crippen LogP contribution is 2.45. The number of halogens is 3. The van der Waals surface area contributed by atoms with Crippen molar-refractivity contribution < 1.29 is 29.5 Å². The Hall–Kier alpha value is -4.60. The monoisotopic (exact) mass is 674 g/mol. The lowest BCUT2D eigenvalue weighted by atomic mass is 9.93. The van der Waals surface area contributed by atoms with Crippen molar-refractivity contribution in [1.82, 2.24) is 25.2 Å². The van der Waals surface area contributed by atoms with Crippen molar-refractivity contribution in [2.24, 2.45) is 0 Å². The maximum absolute atomic E-state index is 17.4. The third-order valence-corrected chi connectivity index (χ3v) is 10.6. The van der Waals surface area contributed by atoms with Crippen LogP contribution in [0.15, 0.2) is 36.2 Å². The van der Waals surface area contributed by atoms with E-state index in [2.05, 4.69) is 26.1 Å². The highest BCUT2D eigenvalue weighted by molar-refractivity contribution is 6.04. The van der Waals surface area contributed by atoms with Crippen LogP contribution in [0.2, 0.25) is 0 Å². The summed E-state index contributed by atoms with van der Waals surface area (Å²) in [5.41, 5.74) is 4.57. The molecule has 9 nitrogen and oxygen atoms in total. The number of nitrogen functional groups attached to an aromatic ring is 1. The Balaban J connectivity index is 1.33. The number of fused-ring (bicyclic) bond motifs is 5. The van der Waals surface area contributed by atoms with Gasteiger partial charge in [-0.25, -0.2) is 18.2 Å². The third kappa shape index (κ3) is 5.05. The number of nitrogens with one attached hydrogen (secondary N) is 1. The molecule has 4 aliphatic rings. The van der Waals surface area contributed by atoms with E-state index in [1.807, 2.05) is 0 Å². The number of nitrogens with zero attached hydrogens (tertiary/aromatic N) is 5. The topological polar surface area (TPSA) is 102 Å². The molecule has 0 spiro atoms. The van der Waals surface area contributed by atoms with Crippen LogP contribution in [0.25, 0.3) is 32.9 Å². The zero-order chi connectivity index (χ0) is 38.4. The smallest absolute Gasteiger partial charge is 0.319 e. The van der Waals surface area contributed by atoms with Gasteiger partial charge in [0.2, 0.25) is 5.88 Å². The number of benzene rings is 2. The Bertz CT molecular complexity index is 2290. The molecule has 6 heterocycles. The second-order valence-corrected chi connectivity index (χ2v) is 13.5. The van der Waals surface area contributed by atoms with E-state index in [1.165, 1.54) is 25.3 Å². The first-order valence-electron chi connectivity index (χ1n) is 18.8. The Kier molecular flexibility index (Phi) is 6.32. The van der Waals surface area contributed by atoms with E-state index in [0.717, 1.165) is 19.4 Å². The number of terminal acetylenes is 1. The van der Waals surface area contributed by atoms with Gasteiger partial charge < -0.3 is 25.4 Å². The third-order valence-electron chi connectivity index (χ3n) is 10.6. The summed E-state index contributed by atoms with van der Waals surface area (Å²) in [6.45, 7) is -1.53. The number of aromatic nitrogens is 3. The number of rotatable bonds is 7. The number of nitrogens with two attached hydrogens (primary N) is 1. The van der Waals surface area contributed by atoms with Gasteiger partial charge in [-0.05, 0) is 74.2 Å². The number of hydrogen-bond acceptors (Lipinski definition) is 9. The second kappa shape index (κ2) is 11.8. The summed E-state index contributed by atoms with van der Waals surface area (Å²) in [6, 6.07) is 5.20. The summed E-state index contributed by atoms with van der Waals surface area (Å²) in [4.78, 5) is 17.8. The summed E-state index contributed by atoms with van der Waals surface area (Å²) in [5.74, 6) is 0.734. The molecule has 0 unspecified atom stereocenters. The van der Waals surface area contributed by atoms with Crippen LogP contribution in [0.5, 0.6) is 11.9 Å². The van der Waals surface area contributed by atoms with Crippen LogP contribution in [0.4, 0.5) is 24.7 Å². The van der Waals surface area contributed by atoms with Crippen LogP contribution in [-0.4, -0.2) is 76.9 Å². The van der Waals surface area contributed by atoms with E-state index in [9.17, 15) is 4.39 Å². The maximum atomic E-state index is 17.4. The van der Waals surface area contributed by atoms with Gasteiger partial charge in [0.1, 0.15) is 34.8 Å². The molecule has 0 aliphatic carbocycles.